The highest BCUT2D eigenvalue weighted by atomic mass is 15.2. The van der Waals surface area contributed by atoms with Crippen molar-refractivity contribution in [1.29, 1.82) is 0 Å². The standard InChI is InChI=1S/C14H28N2/c1-4-5-6-9-16-11-14(3,13-7-8-13)15-10-12(16)2/h12-13,15H,4-11H2,1-3H3. The number of unbranched alkanes of at least 4 members (excludes halogenated alkanes) is 2. The number of nitrogens with one attached hydrogen (secondary N) is 1. The van der Waals surface area contributed by atoms with Crippen molar-refractivity contribution in [1.82, 2.24) is 10.2 Å². The third-order valence-corrected chi connectivity index (χ3v) is 4.48. The molecule has 0 amide bonds. The predicted molar refractivity (Wildman–Crippen MR) is 69.7 cm³/mol. The molecule has 1 saturated carbocycles. The summed E-state index contributed by atoms with van der Waals surface area (Å²) in [5, 5.41) is 3.79. The zero-order chi connectivity index (χ0) is 11.6. The van der Waals surface area contributed by atoms with Crippen LogP contribution in [0.3, 0.4) is 0 Å². The van der Waals surface area contributed by atoms with Crippen LogP contribution in [0.2, 0.25) is 0 Å². The molecular weight excluding hydrogens is 196 g/mol. The average Bonchev–Trinajstić information content (AvgIpc) is 3.08. The second kappa shape index (κ2) is 5.05. The maximum absolute atomic E-state index is 3.79. The van der Waals surface area contributed by atoms with Gasteiger partial charge in [-0.15, -0.1) is 0 Å². The van der Waals surface area contributed by atoms with E-state index in [1.165, 1.54) is 51.7 Å². The van der Waals surface area contributed by atoms with Crippen molar-refractivity contribution in [3.8, 4) is 0 Å². The summed E-state index contributed by atoms with van der Waals surface area (Å²) < 4.78 is 0. The van der Waals surface area contributed by atoms with Gasteiger partial charge in [0.25, 0.3) is 0 Å². The Balaban J connectivity index is 1.84. The summed E-state index contributed by atoms with van der Waals surface area (Å²) in [5.41, 5.74) is 0.415. The minimum atomic E-state index is 0.415. The molecule has 1 saturated heterocycles. The summed E-state index contributed by atoms with van der Waals surface area (Å²) in [5.74, 6) is 0.952. The van der Waals surface area contributed by atoms with Crippen molar-refractivity contribution in [2.75, 3.05) is 19.6 Å². The molecule has 0 bridgehead atoms. The first-order valence-corrected chi connectivity index (χ1v) is 7.15. The van der Waals surface area contributed by atoms with Crippen LogP contribution in [0.15, 0.2) is 0 Å². The fourth-order valence-electron chi connectivity index (χ4n) is 3.00. The zero-order valence-electron chi connectivity index (χ0n) is 11.3. The van der Waals surface area contributed by atoms with Crippen molar-refractivity contribution in [2.24, 2.45) is 5.92 Å². The smallest absolute Gasteiger partial charge is 0.0309 e. The molecule has 0 aromatic rings. The van der Waals surface area contributed by atoms with Crippen LogP contribution in [0.4, 0.5) is 0 Å². The Morgan fingerprint density at radius 1 is 1.31 bits per heavy atom. The molecule has 2 rings (SSSR count). The lowest BCUT2D eigenvalue weighted by Gasteiger charge is -2.45. The summed E-state index contributed by atoms with van der Waals surface area (Å²) in [6.07, 6.45) is 6.99. The molecule has 2 aliphatic rings. The minimum absolute atomic E-state index is 0.415. The second-order valence-corrected chi connectivity index (χ2v) is 6.10. The molecular formula is C14H28N2. The Labute approximate surface area is 101 Å². The average molecular weight is 224 g/mol. The third-order valence-electron chi connectivity index (χ3n) is 4.48. The Morgan fingerprint density at radius 2 is 2.06 bits per heavy atom. The van der Waals surface area contributed by atoms with Gasteiger partial charge >= 0.3 is 0 Å². The molecule has 0 radical (unpaired) electrons. The van der Waals surface area contributed by atoms with Gasteiger partial charge in [0, 0.05) is 24.7 Å². The summed E-state index contributed by atoms with van der Waals surface area (Å²) in [4.78, 5) is 2.71. The molecule has 94 valence electrons. The zero-order valence-corrected chi connectivity index (χ0v) is 11.3. The second-order valence-electron chi connectivity index (χ2n) is 6.10. The molecule has 2 heteroatoms. The highest BCUT2D eigenvalue weighted by molar-refractivity contribution is 5.03. The summed E-state index contributed by atoms with van der Waals surface area (Å²) >= 11 is 0. The van der Waals surface area contributed by atoms with E-state index in [1.807, 2.05) is 0 Å². The predicted octanol–water partition coefficient (Wildman–Crippen LogP) is 2.64. The number of hydrogen-bond donors (Lipinski definition) is 1. The Hall–Kier alpha value is -0.0800. The van der Waals surface area contributed by atoms with Gasteiger partial charge in [-0.2, -0.15) is 0 Å². The van der Waals surface area contributed by atoms with E-state index in [9.17, 15) is 0 Å². The van der Waals surface area contributed by atoms with Gasteiger partial charge < -0.3 is 5.32 Å². The highest BCUT2D eigenvalue weighted by Crippen LogP contribution is 2.41. The highest BCUT2D eigenvalue weighted by Gasteiger charge is 2.44. The first-order chi connectivity index (χ1) is 7.65. The number of piperazine rings is 1. The van der Waals surface area contributed by atoms with E-state index >= 15 is 0 Å². The van der Waals surface area contributed by atoms with Crippen LogP contribution < -0.4 is 5.32 Å². The van der Waals surface area contributed by atoms with Gasteiger partial charge in [-0.05, 0) is 45.6 Å². The van der Waals surface area contributed by atoms with Gasteiger partial charge in [0.15, 0.2) is 0 Å². The van der Waals surface area contributed by atoms with Gasteiger partial charge in [-0.3, -0.25) is 4.90 Å². The van der Waals surface area contributed by atoms with Crippen molar-refractivity contribution < 1.29 is 0 Å². The Morgan fingerprint density at radius 3 is 2.69 bits per heavy atom. The summed E-state index contributed by atoms with van der Waals surface area (Å²) in [6, 6.07) is 0.726. The van der Waals surface area contributed by atoms with E-state index in [4.69, 9.17) is 0 Å². The lowest BCUT2D eigenvalue weighted by molar-refractivity contribution is 0.0818. The molecule has 0 spiro atoms. The Kier molecular flexibility index (Phi) is 3.91. The van der Waals surface area contributed by atoms with Crippen LogP contribution in [0.25, 0.3) is 0 Å². The van der Waals surface area contributed by atoms with E-state index in [1.54, 1.807) is 0 Å². The molecule has 2 nitrogen and oxygen atoms in total. The van der Waals surface area contributed by atoms with Crippen molar-refractivity contribution in [2.45, 2.75) is 64.5 Å². The molecule has 2 fully saturated rings. The SMILES string of the molecule is CCCCCN1CC(C)(C2CC2)NCC1C. The van der Waals surface area contributed by atoms with Crippen molar-refractivity contribution >= 4 is 0 Å². The van der Waals surface area contributed by atoms with Gasteiger partial charge in [0.2, 0.25) is 0 Å². The molecule has 1 heterocycles. The van der Waals surface area contributed by atoms with E-state index in [-0.39, 0.29) is 0 Å². The fourth-order valence-corrected chi connectivity index (χ4v) is 3.00. The van der Waals surface area contributed by atoms with Gasteiger partial charge in [0.05, 0.1) is 0 Å². The topological polar surface area (TPSA) is 15.3 Å². The van der Waals surface area contributed by atoms with Gasteiger partial charge in [0.1, 0.15) is 0 Å². The summed E-state index contributed by atoms with van der Waals surface area (Å²) in [7, 11) is 0. The molecule has 16 heavy (non-hydrogen) atoms. The molecule has 2 atom stereocenters. The molecule has 1 N–H and O–H groups in total. The van der Waals surface area contributed by atoms with Crippen LogP contribution >= 0.6 is 0 Å². The van der Waals surface area contributed by atoms with Gasteiger partial charge in [-0.25, -0.2) is 0 Å². The quantitative estimate of drug-likeness (QED) is 0.722. The molecule has 2 unspecified atom stereocenters. The maximum atomic E-state index is 3.79. The van der Waals surface area contributed by atoms with E-state index in [2.05, 4.69) is 31.0 Å². The first kappa shape index (κ1) is 12.4. The third kappa shape index (κ3) is 2.78. The number of rotatable bonds is 5. The normalized spacial score (nSPS) is 36.6. The van der Waals surface area contributed by atoms with Crippen molar-refractivity contribution in [3.05, 3.63) is 0 Å². The fraction of sp³-hybridized carbons (Fsp3) is 1.00. The van der Waals surface area contributed by atoms with Crippen LogP contribution in [0.5, 0.6) is 0 Å². The van der Waals surface area contributed by atoms with E-state index < -0.39 is 0 Å². The number of hydrogen-bond acceptors (Lipinski definition) is 2. The molecule has 0 aromatic heterocycles. The lowest BCUT2D eigenvalue weighted by Crippen LogP contribution is -2.63. The molecule has 1 aliphatic carbocycles. The first-order valence-electron chi connectivity index (χ1n) is 7.15. The molecule has 0 aromatic carbocycles. The van der Waals surface area contributed by atoms with E-state index in [0.29, 0.717) is 5.54 Å². The van der Waals surface area contributed by atoms with Crippen LogP contribution in [0.1, 0.15) is 52.9 Å². The van der Waals surface area contributed by atoms with Crippen LogP contribution in [-0.2, 0) is 0 Å². The number of nitrogens with zero attached hydrogens (tertiary/aromatic N) is 1. The van der Waals surface area contributed by atoms with Crippen LogP contribution in [-0.4, -0.2) is 36.1 Å². The van der Waals surface area contributed by atoms with Gasteiger partial charge in [-0.1, -0.05) is 19.8 Å². The molecule has 1 aliphatic heterocycles. The van der Waals surface area contributed by atoms with Crippen molar-refractivity contribution in [3.63, 3.8) is 0 Å². The largest absolute Gasteiger partial charge is 0.308 e. The minimum Gasteiger partial charge on any atom is -0.308 e. The summed E-state index contributed by atoms with van der Waals surface area (Å²) in [6.45, 7) is 10.8. The lowest BCUT2D eigenvalue weighted by atomic mass is 9.91. The monoisotopic (exact) mass is 224 g/mol. The maximum Gasteiger partial charge on any atom is 0.0309 e. The Bertz CT molecular complexity index is 225. The van der Waals surface area contributed by atoms with E-state index in [0.717, 1.165) is 12.0 Å². The van der Waals surface area contributed by atoms with Crippen LogP contribution in [0, 0.1) is 5.92 Å².